The Morgan fingerprint density at radius 2 is 1.23 bits per heavy atom. The van der Waals surface area contributed by atoms with Crippen molar-refractivity contribution in [2.75, 3.05) is 0 Å². The van der Waals surface area contributed by atoms with Crippen molar-refractivity contribution in [3.8, 4) is 0 Å². The summed E-state index contributed by atoms with van der Waals surface area (Å²) in [5, 5.41) is 0. The largest absolute Gasteiger partial charge is 0.493 e. The van der Waals surface area contributed by atoms with Crippen LogP contribution in [0.4, 0.5) is 0 Å². The standard InChI is InChI=1S/C28H36N2.Pd/c1-4-7-12-22-14-10-17-24(19-22)27-21-26(16-9-6-3)28(30(27)29)25-18-11-15-23(20-25)13-8-5-2;/h10-11,14-15,17-21H,4-9,12-13,16H2,1-3H3;. The second-order valence-corrected chi connectivity index (χ2v) is 8.43. The molecule has 2 nitrogen and oxygen atoms in total. The number of benzene rings is 2. The van der Waals surface area contributed by atoms with Crippen molar-refractivity contribution < 1.29 is 25.1 Å². The number of aryl methyl sites for hydroxylation is 2. The first kappa shape index (κ1) is 25.4. The second-order valence-electron chi connectivity index (χ2n) is 8.43. The van der Waals surface area contributed by atoms with Crippen molar-refractivity contribution in [2.45, 2.75) is 78.6 Å². The van der Waals surface area contributed by atoms with Crippen LogP contribution in [0.25, 0.3) is 16.9 Å². The molecule has 31 heavy (non-hydrogen) atoms. The van der Waals surface area contributed by atoms with Gasteiger partial charge in [-0.05, 0) is 73.9 Å². The molecule has 0 N–H and O–H groups in total. The van der Waals surface area contributed by atoms with Gasteiger partial charge in [-0.3, -0.25) is 0 Å². The minimum atomic E-state index is 0. The van der Waals surface area contributed by atoms with Crippen molar-refractivity contribution in [3.63, 3.8) is 0 Å². The predicted molar refractivity (Wildman–Crippen MR) is 128 cm³/mol. The van der Waals surface area contributed by atoms with Gasteiger partial charge in [0.1, 0.15) is 0 Å². The molecule has 168 valence electrons. The van der Waals surface area contributed by atoms with Gasteiger partial charge in [-0.1, -0.05) is 64.3 Å². The molecule has 0 radical (unpaired) electrons. The van der Waals surface area contributed by atoms with Crippen LogP contribution in [0.1, 0.15) is 88.0 Å². The van der Waals surface area contributed by atoms with Crippen LogP contribution in [0.3, 0.4) is 0 Å². The molecule has 0 saturated carbocycles. The van der Waals surface area contributed by atoms with E-state index < -0.39 is 0 Å². The maximum Gasteiger partial charge on any atom is 0.210 e. The van der Waals surface area contributed by atoms with Crippen molar-refractivity contribution in [1.82, 2.24) is 0 Å². The molecule has 3 rings (SSSR count). The summed E-state index contributed by atoms with van der Waals surface area (Å²) in [6.07, 6.45) is 12.4. The van der Waals surface area contributed by atoms with Crippen LogP contribution < -0.4 is 0 Å². The molecule has 0 bridgehead atoms. The number of allylic oxidation sites excluding steroid dienone is 2. The minimum Gasteiger partial charge on any atom is -0.493 e. The second kappa shape index (κ2) is 12.9. The summed E-state index contributed by atoms with van der Waals surface area (Å²) in [6, 6.07) is 17.4. The molecule has 0 fully saturated rings. The van der Waals surface area contributed by atoms with Crippen LogP contribution in [-0.2, 0) is 33.3 Å². The number of hydrogen-bond acceptors (Lipinski definition) is 0. The van der Waals surface area contributed by atoms with Crippen molar-refractivity contribution >= 4 is 11.4 Å². The van der Waals surface area contributed by atoms with Gasteiger partial charge in [0.25, 0.3) is 0 Å². The molecule has 0 aliphatic carbocycles. The van der Waals surface area contributed by atoms with Crippen molar-refractivity contribution in [2.24, 2.45) is 0 Å². The van der Waals surface area contributed by atoms with Gasteiger partial charge in [-0.25, -0.2) is 4.70 Å². The topological polar surface area (TPSA) is 25.3 Å². The third-order valence-corrected chi connectivity index (χ3v) is 5.92. The molecule has 0 atom stereocenters. The van der Waals surface area contributed by atoms with E-state index in [1.54, 1.807) is 0 Å². The Morgan fingerprint density at radius 3 is 1.81 bits per heavy atom. The zero-order chi connectivity index (χ0) is 21.3. The Bertz CT molecular complexity index is 940. The number of nitrogens with zero attached hydrogens (tertiary/aromatic N) is 2. The van der Waals surface area contributed by atoms with Gasteiger partial charge in [0.15, 0.2) is 0 Å². The van der Waals surface area contributed by atoms with Crippen molar-refractivity contribution in [1.29, 1.82) is 0 Å². The van der Waals surface area contributed by atoms with E-state index in [1.165, 1.54) is 47.1 Å². The Kier molecular flexibility index (Phi) is 10.6. The van der Waals surface area contributed by atoms with E-state index in [9.17, 15) is 5.53 Å². The average molecular weight is 507 g/mol. The van der Waals surface area contributed by atoms with Crippen LogP contribution in [0.2, 0.25) is 0 Å². The summed E-state index contributed by atoms with van der Waals surface area (Å²) in [5.41, 5.74) is 19.3. The summed E-state index contributed by atoms with van der Waals surface area (Å²) in [5.74, 6) is 0. The Morgan fingerprint density at radius 1 is 0.710 bits per heavy atom. The van der Waals surface area contributed by atoms with E-state index in [0.29, 0.717) is 0 Å². The fraction of sp³-hybridized carbons (Fsp3) is 0.429. The maximum atomic E-state index is 11.3. The summed E-state index contributed by atoms with van der Waals surface area (Å²) < 4.78 is 1.43. The molecule has 2 aromatic carbocycles. The molecule has 0 spiro atoms. The minimum absolute atomic E-state index is 0. The van der Waals surface area contributed by atoms with E-state index >= 15 is 0 Å². The van der Waals surface area contributed by atoms with Crippen LogP contribution in [-0.4, -0.2) is 4.70 Å². The molecule has 0 unspecified atom stereocenters. The van der Waals surface area contributed by atoms with E-state index in [2.05, 4.69) is 75.4 Å². The molecule has 0 aromatic heterocycles. The van der Waals surface area contributed by atoms with E-state index in [-0.39, 0.29) is 20.4 Å². The SMILES string of the molecule is CCCCC1=C(c2cccc(CCCC)c2)[N+](=[N-])C(c2cccc(CCCC)c2)=C1.[Pd]. The quantitative estimate of drug-likeness (QED) is 0.216. The Labute approximate surface area is 202 Å². The first-order valence-electron chi connectivity index (χ1n) is 11.8. The number of hydrogen-bond donors (Lipinski definition) is 0. The van der Waals surface area contributed by atoms with Gasteiger partial charge < -0.3 is 5.53 Å². The molecule has 2 aromatic rings. The first-order chi connectivity index (χ1) is 14.7. The van der Waals surface area contributed by atoms with Gasteiger partial charge in [-0.2, -0.15) is 0 Å². The molecule has 1 heterocycles. The van der Waals surface area contributed by atoms with Crippen LogP contribution >= 0.6 is 0 Å². The normalized spacial score (nSPS) is 13.4. The van der Waals surface area contributed by atoms with E-state index in [1.807, 2.05) is 0 Å². The fourth-order valence-electron chi connectivity index (χ4n) is 4.14. The van der Waals surface area contributed by atoms with Gasteiger partial charge in [0, 0.05) is 43.2 Å². The number of rotatable bonds is 11. The third-order valence-electron chi connectivity index (χ3n) is 5.92. The monoisotopic (exact) mass is 506 g/mol. The van der Waals surface area contributed by atoms with Gasteiger partial charge in [0.2, 0.25) is 11.4 Å². The molecule has 0 amide bonds. The Hall–Kier alpha value is -1.82. The van der Waals surface area contributed by atoms with Gasteiger partial charge in [0.05, 0.1) is 0 Å². The third kappa shape index (κ3) is 6.58. The zero-order valence-corrected chi connectivity index (χ0v) is 20.8. The molecule has 1 aliphatic heterocycles. The summed E-state index contributed by atoms with van der Waals surface area (Å²) in [7, 11) is 0. The van der Waals surface area contributed by atoms with E-state index in [4.69, 9.17) is 0 Å². The molecule has 0 saturated heterocycles. The average Bonchev–Trinajstić information content (AvgIpc) is 3.11. The maximum absolute atomic E-state index is 11.3. The molecule has 1 aliphatic rings. The van der Waals surface area contributed by atoms with Gasteiger partial charge >= 0.3 is 0 Å². The fourth-order valence-corrected chi connectivity index (χ4v) is 4.14. The summed E-state index contributed by atoms with van der Waals surface area (Å²) in [6.45, 7) is 6.68. The number of unbranched alkanes of at least 4 members (excludes halogenated alkanes) is 3. The summed E-state index contributed by atoms with van der Waals surface area (Å²) in [4.78, 5) is 0. The zero-order valence-electron chi connectivity index (χ0n) is 19.3. The molecular weight excluding hydrogens is 471 g/mol. The first-order valence-corrected chi connectivity index (χ1v) is 11.8. The predicted octanol–water partition coefficient (Wildman–Crippen LogP) is 8.36. The Balaban J connectivity index is 0.00000341. The molecule has 3 heteroatoms. The smallest absolute Gasteiger partial charge is 0.210 e. The molecular formula is C28H36N2Pd. The summed E-state index contributed by atoms with van der Waals surface area (Å²) >= 11 is 0. The van der Waals surface area contributed by atoms with Crippen LogP contribution in [0, 0.1) is 0 Å². The van der Waals surface area contributed by atoms with Gasteiger partial charge in [-0.15, -0.1) is 0 Å². The van der Waals surface area contributed by atoms with Crippen LogP contribution in [0.15, 0.2) is 60.2 Å². The van der Waals surface area contributed by atoms with Crippen LogP contribution in [0.5, 0.6) is 0 Å². The van der Waals surface area contributed by atoms with E-state index in [0.717, 1.165) is 54.6 Å². The van der Waals surface area contributed by atoms with Crippen molar-refractivity contribution in [3.05, 3.63) is 88.0 Å².